The number of ether oxygens (including phenoxy) is 2. The van der Waals surface area contributed by atoms with Crippen LogP contribution in [-0.4, -0.2) is 36.2 Å². The lowest BCUT2D eigenvalue weighted by molar-refractivity contribution is 0.0815. The summed E-state index contributed by atoms with van der Waals surface area (Å²) in [5.41, 5.74) is 8.67. The molecule has 0 spiro atoms. The molecule has 4 nitrogen and oxygen atoms in total. The van der Waals surface area contributed by atoms with Crippen LogP contribution in [0.15, 0.2) is 59.1 Å². The Balaban J connectivity index is 1.76. The van der Waals surface area contributed by atoms with Crippen molar-refractivity contribution < 1.29 is 9.47 Å². The summed E-state index contributed by atoms with van der Waals surface area (Å²) in [6, 6.07) is 19.4. The molecule has 29 heavy (non-hydrogen) atoms. The van der Waals surface area contributed by atoms with Gasteiger partial charge in [0.25, 0.3) is 0 Å². The average molecular weight is 467 g/mol. The average Bonchev–Trinajstić information content (AvgIpc) is 3.33. The summed E-state index contributed by atoms with van der Waals surface area (Å²) in [5.74, 6) is 0. The predicted molar refractivity (Wildman–Crippen MR) is 121 cm³/mol. The molecule has 0 bridgehead atoms. The molecule has 0 unspecified atom stereocenters. The Morgan fingerprint density at radius 1 is 0.828 bits per heavy atom. The van der Waals surface area contributed by atoms with Crippen molar-refractivity contribution in [2.24, 2.45) is 0 Å². The smallest absolute Gasteiger partial charge is 0.119 e. The summed E-state index contributed by atoms with van der Waals surface area (Å²) in [6.45, 7) is 1.12. The summed E-state index contributed by atoms with van der Waals surface area (Å²) < 4.78 is 21.4. The van der Waals surface area contributed by atoms with E-state index in [1.165, 1.54) is 34.0 Å². The SMILES string of the molecule is COCC1(COC)c2ccccc2-c2ccc(-c3ccc(Br)c4nsnc34)cc21. The zero-order chi connectivity index (χ0) is 20.0. The quantitative estimate of drug-likeness (QED) is 0.379. The van der Waals surface area contributed by atoms with Gasteiger partial charge in [0, 0.05) is 24.3 Å². The van der Waals surface area contributed by atoms with Gasteiger partial charge in [0.2, 0.25) is 0 Å². The summed E-state index contributed by atoms with van der Waals surface area (Å²) >= 11 is 4.82. The molecule has 0 aliphatic heterocycles. The second-order valence-corrected chi connectivity index (χ2v) is 8.69. The van der Waals surface area contributed by atoms with E-state index in [2.05, 4.69) is 73.2 Å². The first-order valence-corrected chi connectivity index (χ1v) is 10.9. The first-order chi connectivity index (χ1) is 14.2. The van der Waals surface area contributed by atoms with Crippen molar-refractivity contribution in [3.8, 4) is 22.3 Å². The van der Waals surface area contributed by atoms with Crippen LogP contribution in [0.4, 0.5) is 0 Å². The van der Waals surface area contributed by atoms with E-state index in [1.54, 1.807) is 14.2 Å². The number of fused-ring (bicyclic) bond motifs is 4. The van der Waals surface area contributed by atoms with Gasteiger partial charge in [-0.05, 0) is 55.9 Å². The third-order valence-corrected chi connectivity index (χ3v) is 6.89. The molecule has 0 radical (unpaired) electrons. The predicted octanol–water partition coefficient (Wildman–Crippen LogP) is 5.68. The van der Waals surface area contributed by atoms with E-state index in [0.29, 0.717) is 13.2 Å². The van der Waals surface area contributed by atoms with E-state index in [0.717, 1.165) is 26.6 Å². The minimum absolute atomic E-state index is 0.333. The van der Waals surface area contributed by atoms with Crippen LogP contribution in [0.2, 0.25) is 0 Å². The normalized spacial score (nSPS) is 14.2. The van der Waals surface area contributed by atoms with Crippen molar-refractivity contribution in [1.82, 2.24) is 8.75 Å². The lowest BCUT2D eigenvalue weighted by atomic mass is 9.79. The Hall–Kier alpha value is -2.12. The summed E-state index contributed by atoms with van der Waals surface area (Å²) in [5, 5.41) is 0. The zero-order valence-electron chi connectivity index (χ0n) is 16.1. The van der Waals surface area contributed by atoms with E-state index in [4.69, 9.17) is 9.47 Å². The number of benzene rings is 3. The van der Waals surface area contributed by atoms with Gasteiger partial charge < -0.3 is 9.47 Å². The van der Waals surface area contributed by atoms with Crippen molar-refractivity contribution in [3.05, 3.63) is 70.2 Å². The molecule has 0 atom stereocenters. The topological polar surface area (TPSA) is 44.2 Å². The Kier molecular flexibility index (Phi) is 4.75. The molecule has 0 fully saturated rings. The first-order valence-electron chi connectivity index (χ1n) is 9.33. The monoisotopic (exact) mass is 466 g/mol. The van der Waals surface area contributed by atoms with E-state index >= 15 is 0 Å². The van der Waals surface area contributed by atoms with Crippen LogP contribution in [0.1, 0.15) is 11.1 Å². The standard InChI is InChI=1S/C23H19BrN2O2S/c1-27-12-23(13-28-2)18-6-4-3-5-16(18)17-8-7-14(11-19(17)23)15-9-10-20(24)22-21(15)25-29-26-22/h3-11H,12-13H2,1-2H3. The van der Waals surface area contributed by atoms with Crippen molar-refractivity contribution in [3.63, 3.8) is 0 Å². The molecule has 1 aliphatic rings. The molecular weight excluding hydrogens is 448 g/mol. The van der Waals surface area contributed by atoms with Crippen molar-refractivity contribution in [2.75, 3.05) is 27.4 Å². The molecule has 146 valence electrons. The second kappa shape index (κ2) is 7.29. The van der Waals surface area contributed by atoms with E-state index < -0.39 is 0 Å². The first kappa shape index (κ1) is 18.9. The highest BCUT2D eigenvalue weighted by Crippen LogP contribution is 2.50. The molecular formula is C23H19BrN2O2S. The minimum Gasteiger partial charge on any atom is -0.383 e. The molecule has 6 heteroatoms. The highest BCUT2D eigenvalue weighted by Gasteiger charge is 2.43. The summed E-state index contributed by atoms with van der Waals surface area (Å²) in [6.07, 6.45) is 0. The third-order valence-electron chi connectivity index (χ3n) is 5.73. The van der Waals surface area contributed by atoms with Crippen LogP contribution < -0.4 is 0 Å². The van der Waals surface area contributed by atoms with Gasteiger partial charge >= 0.3 is 0 Å². The molecule has 1 aliphatic carbocycles. The fourth-order valence-corrected chi connectivity index (χ4v) is 5.64. The lowest BCUT2D eigenvalue weighted by Gasteiger charge is -2.30. The fourth-order valence-electron chi connectivity index (χ4n) is 4.54. The maximum Gasteiger partial charge on any atom is 0.119 e. The van der Waals surface area contributed by atoms with E-state index in [1.807, 2.05) is 6.07 Å². The molecule has 3 aromatic carbocycles. The van der Waals surface area contributed by atoms with Crippen LogP contribution in [0.3, 0.4) is 0 Å². The Bertz CT molecular complexity index is 1210. The van der Waals surface area contributed by atoms with Gasteiger partial charge in [-0.2, -0.15) is 8.75 Å². The molecule has 0 N–H and O–H groups in total. The number of nitrogens with zero attached hydrogens (tertiary/aromatic N) is 2. The van der Waals surface area contributed by atoms with Crippen molar-refractivity contribution >= 4 is 38.7 Å². The number of hydrogen-bond donors (Lipinski definition) is 0. The van der Waals surface area contributed by atoms with Crippen LogP contribution in [0, 0.1) is 0 Å². The number of rotatable bonds is 5. The van der Waals surface area contributed by atoms with E-state index in [9.17, 15) is 0 Å². The van der Waals surface area contributed by atoms with E-state index in [-0.39, 0.29) is 5.41 Å². The number of aromatic nitrogens is 2. The van der Waals surface area contributed by atoms with Crippen molar-refractivity contribution in [2.45, 2.75) is 5.41 Å². The van der Waals surface area contributed by atoms with Gasteiger partial charge in [-0.25, -0.2) is 0 Å². The summed E-state index contributed by atoms with van der Waals surface area (Å²) in [4.78, 5) is 0. The van der Waals surface area contributed by atoms with Gasteiger partial charge in [-0.15, -0.1) is 0 Å². The largest absolute Gasteiger partial charge is 0.383 e. The molecule has 0 saturated heterocycles. The maximum atomic E-state index is 5.71. The zero-order valence-corrected chi connectivity index (χ0v) is 18.5. The van der Waals surface area contributed by atoms with Gasteiger partial charge in [0.15, 0.2) is 0 Å². The molecule has 1 heterocycles. The van der Waals surface area contributed by atoms with Gasteiger partial charge in [0.1, 0.15) is 11.0 Å². The Morgan fingerprint density at radius 2 is 1.52 bits per heavy atom. The molecule has 4 aromatic rings. The molecule has 1 aromatic heterocycles. The van der Waals surface area contributed by atoms with Gasteiger partial charge in [-0.1, -0.05) is 42.5 Å². The maximum absolute atomic E-state index is 5.71. The van der Waals surface area contributed by atoms with Crippen LogP contribution >= 0.6 is 27.7 Å². The fraction of sp³-hybridized carbons (Fsp3) is 0.217. The third kappa shape index (κ3) is 2.78. The Labute approximate surface area is 182 Å². The number of methoxy groups -OCH3 is 2. The van der Waals surface area contributed by atoms with Crippen LogP contribution in [0.25, 0.3) is 33.3 Å². The highest BCUT2D eigenvalue weighted by atomic mass is 79.9. The lowest BCUT2D eigenvalue weighted by Crippen LogP contribution is -2.35. The number of hydrogen-bond acceptors (Lipinski definition) is 5. The second-order valence-electron chi connectivity index (χ2n) is 7.31. The molecule has 0 amide bonds. The highest BCUT2D eigenvalue weighted by molar-refractivity contribution is 9.10. The summed E-state index contributed by atoms with van der Waals surface area (Å²) in [7, 11) is 3.50. The number of halogens is 1. The van der Waals surface area contributed by atoms with Gasteiger partial charge in [-0.3, -0.25) is 0 Å². The van der Waals surface area contributed by atoms with Crippen LogP contribution in [0.5, 0.6) is 0 Å². The van der Waals surface area contributed by atoms with Crippen LogP contribution in [-0.2, 0) is 14.9 Å². The van der Waals surface area contributed by atoms with Gasteiger partial charge in [0.05, 0.1) is 30.4 Å². The van der Waals surface area contributed by atoms with Crippen molar-refractivity contribution in [1.29, 1.82) is 0 Å². The molecule has 5 rings (SSSR count). The Morgan fingerprint density at radius 3 is 2.31 bits per heavy atom. The molecule has 0 saturated carbocycles. The minimum atomic E-state index is -0.333.